The van der Waals surface area contributed by atoms with E-state index in [2.05, 4.69) is 10.6 Å². The molecule has 0 aromatic heterocycles. The highest BCUT2D eigenvalue weighted by atomic mass is 16.3. The van der Waals surface area contributed by atoms with Gasteiger partial charge in [-0.3, -0.25) is 0 Å². The van der Waals surface area contributed by atoms with Gasteiger partial charge in [-0.15, -0.1) is 0 Å². The molecule has 0 aliphatic carbocycles. The van der Waals surface area contributed by atoms with Crippen molar-refractivity contribution in [3.05, 3.63) is 0 Å². The Labute approximate surface area is 86.1 Å². The predicted octanol–water partition coefficient (Wildman–Crippen LogP) is 1.10. The third-order valence-electron chi connectivity index (χ3n) is 2.80. The summed E-state index contributed by atoms with van der Waals surface area (Å²) in [5.74, 6) is 0. The maximum absolute atomic E-state index is 11.1. The monoisotopic (exact) mass is 202 g/mol. The molecule has 84 valence electrons. The van der Waals surface area contributed by atoms with Crippen LogP contribution < -0.4 is 10.6 Å². The number of aliphatic hydroxyl groups is 1. The topological polar surface area (TPSA) is 61.4 Å². The maximum Gasteiger partial charge on any atom is 0.314 e. The molecule has 0 saturated carbocycles. The average molecular weight is 202 g/mol. The average Bonchev–Trinajstić information content (AvgIpc) is 2.21. The van der Waals surface area contributed by atoms with Crippen LogP contribution in [0.25, 0.3) is 0 Å². The van der Waals surface area contributed by atoms with Gasteiger partial charge >= 0.3 is 6.03 Å². The third kappa shape index (κ3) is 3.96. The Morgan fingerprint density at radius 2 is 1.79 bits per heavy atom. The van der Waals surface area contributed by atoms with Crippen LogP contribution in [-0.4, -0.2) is 30.8 Å². The fourth-order valence-electron chi connectivity index (χ4n) is 1.27. The van der Waals surface area contributed by atoms with E-state index < -0.39 is 0 Å². The van der Waals surface area contributed by atoms with Crippen molar-refractivity contribution in [1.82, 2.24) is 10.6 Å². The van der Waals surface area contributed by atoms with Crippen LogP contribution in [0.2, 0.25) is 0 Å². The molecule has 0 heterocycles. The number of rotatable bonds is 6. The lowest BCUT2D eigenvalue weighted by Crippen LogP contribution is -2.43. The Morgan fingerprint density at radius 1 is 1.21 bits per heavy atom. The second-order valence-electron chi connectivity index (χ2n) is 3.58. The molecule has 0 aromatic carbocycles. The van der Waals surface area contributed by atoms with Crippen LogP contribution >= 0.6 is 0 Å². The molecule has 0 saturated heterocycles. The highest BCUT2D eigenvalue weighted by molar-refractivity contribution is 5.73. The lowest BCUT2D eigenvalue weighted by Gasteiger charge is -2.29. The van der Waals surface area contributed by atoms with Gasteiger partial charge in [0.05, 0.1) is 6.61 Å². The highest BCUT2D eigenvalue weighted by Gasteiger charge is 2.25. The standard InChI is InChI=1S/C10H22N2O2/c1-4-10(5-2,8-13)7-12-9(14)11-6-3/h13H,4-8H2,1-3H3,(H2,11,12,14). The second-order valence-corrected chi connectivity index (χ2v) is 3.58. The molecule has 0 aliphatic rings. The van der Waals surface area contributed by atoms with Crippen molar-refractivity contribution in [1.29, 1.82) is 0 Å². The summed E-state index contributed by atoms with van der Waals surface area (Å²) >= 11 is 0. The second kappa shape index (κ2) is 6.65. The van der Waals surface area contributed by atoms with E-state index in [4.69, 9.17) is 0 Å². The first-order valence-corrected chi connectivity index (χ1v) is 5.26. The lowest BCUT2D eigenvalue weighted by molar-refractivity contribution is 0.115. The first kappa shape index (κ1) is 13.2. The minimum atomic E-state index is -0.162. The van der Waals surface area contributed by atoms with Gasteiger partial charge in [-0.2, -0.15) is 0 Å². The Kier molecular flexibility index (Phi) is 6.28. The Morgan fingerprint density at radius 3 is 2.14 bits per heavy atom. The van der Waals surface area contributed by atoms with Crippen molar-refractivity contribution >= 4 is 6.03 Å². The molecule has 0 aliphatic heterocycles. The molecule has 0 radical (unpaired) electrons. The van der Waals surface area contributed by atoms with E-state index in [1.54, 1.807) is 0 Å². The van der Waals surface area contributed by atoms with E-state index in [0.717, 1.165) is 12.8 Å². The number of hydrogen-bond donors (Lipinski definition) is 3. The molecule has 14 heavy (non-hydrogen) atoms. The molecule has 4 heteroatoms. The quantitative estimate of drug-likeness (QED) is 0.604. The van der Waals surface area contributed by atoms with Crippen molar-refractivity contribution in [2.45, 2.75) is 33.6 Å². The summed E-state index contributed by atoms with van der Waals surface area (Å²) in [6, 6.07) is -0.160. The summed E-state index contributed by atoms with van der Waals surface area (Å²) in [6.07, 6.45) is 1.73. The number of urea groups is 1. The highest BCUT2D eigenvalue weighted by Crippen LogP contribution is 2.24. The zero-order valence-electron chi connectivity index (χ0n) is 9.39. The van der Waals surface area contributed by atoms with Crippen LogP contribution in [0.15, 0.2) is 0 Å². The number of carbonyl (C=O) groups is 1. The molecule has 0 bridgehead atoms. The molecule has 0 fully saturated rings. The van der Waals surface area contributed by atoms with Gasteiger partial charge in [0.15, 0.2) is 0 Å². The lowest BCUT2D eigenvalue weighted by atomic mass is 9.83. The Bertz CT molecular complexity index is 159. The SMILES string of the molecule is CCNC(=O)NCC(CC)(CC)CO. The number of hydrogen-bond acceptors (Lipinski definition) is 2. The molecule has 0 aromatic rings. The van der Waals surface area contributed by atoms with Gasteiger partial charge in [0, 0.05) is 18.5 Å². The van der Waals surface area contributed by atoms with Gasteiger partial charge in [-0.25, -0.2) is 4.79 Å². The smallest absolute Gasteiger partial charge is 0.314 e. The molecule has 0 unspecified atom stereocenters. The van der Waals surface area contributed by atoms with E-state index in [1.165, 1.54) is 0 Å². The van der Waals surface area contributed by atoms with Crippen LogP contribution in [-0.2, 0) is 0 Å². The van der Waals surface area contributed by atoms with E-state index in [-0.39, 0.29) is 18.1 Å². The zero-order valence-corrected chi connectivity index (χ0v) is 9.39. The van der Waals surface area contributed by atoms with Gasteiger partial charge in [0.25, 0.3) is 0 Å². The van der Waals surface area contributed by atoms with Gasteiger partial charge in [0.1, 0.15) is 0 Å². The van der Waals surface area contributed by atoms with Crippen molar-refractivity contribution in [2.24, 2.45) is 5.41 Å². The summed E-state index contributed by atoms with van der Waals surface area (Å²) in [7, 11) is 0. The molecule has 0 rings (SSSR count). The normalized spacial score (nSPS) is 11.1. The molecule has 2 amide bonds. The van der Waals surface area contributed by atoms with Crippen LogP contribution in [0.5, 0.6) is 0 Å². The number of carbonyl (C=O) groups excluding carboxylic acids is 1. The molecule has 0 spiro atoms. The number of amides is 2. The van der Waals surface area contributed by atoms with Crippen molar-refractivity contribution in [3.8, 4) is 0 Å². The van der Waals surface area contributed by atoms with Crippen LogP contribution in [0.3, 0.4) is 0 Å². The van der Waals surface area contributed by atoms with E-state index in [9.17, 15) is 9.90 Å². The first-order valence-electron chi connectivity index (χ1n) is 5.26. The summed E-state index contributed by atoms with van der Waals surface area (Å²) in [4.78, 5) is 11.1. The van der Waals surface area contributed by atoms with Crippen LogP contribution in [0.1, 0.15) is 33.6 Å². The predicted molar refractivity (Wildman–Crippen MR) is 57.2 cm³/mol. The summed E-state index contributed by atoms with van der Waals surface area (Å²) in [6.45, 7) is 7.20. The minimum Gasteiger partial charge on any atom is -0.396 e. The summed E-state index contributed by atoms with van der Waals surface area (Å²) in [5, 5.41) is 14.7. The fourth-order valence-corrected chi connectivity index (χ4v) is 1.27. The first-order chi connectivity index (χ1) is 6.64. The van der Waals surface area contributed by atoms with E-state index in [1.807, 2.05) is 20.8 Å². The summed E-state index contributed by atoms with van der Waals surface area (Å²) in [5.41, 5.74) is -0.162. The fraction of sp³-hybridized carbons (Fsp3) is 0.900. The Hall–Kier alpha value is -0.770. The van der Waals surface area contributed by atoms with E-state index in [0.29, 0.717) is 13.1 Å². The van der Waals surface area contributed by atoms with Gasteiger partial charge < -0.3 is 15.7 Å². The summed E-state index contributed by atoms with van der Waals surface area (Å²) < 4.78 is 0. The third-order valence-corrected chi connectivity index (χ3v) is 2.80. The number of nitrogens with one attached hydrogen (secondary N) is 2. The molecule has 3 N–H and O–H groups in total. The van der Waals surface area contributed by atoms with Gasteiger partial charge in [-0.1, -0.05) is 13.8 Å². The minimum absolute atomic E-state index is 0.117. The van der Waals surface area contributed by atoms with Gasteiger partial charge in [0.2, 0.25) is 0 Å². The van der Waals surface area contributed by atoms with Gasteiger partial charge in [-0.05, 0) is 19.8 Å². The zero-order chi connectivity index (χ0) is 11.0. The Balaban J connectivity index is 3.99. The molecule has 4 nitrogen and oxygen atoms in total. The maximum atomic E-state index is 11.1. The molecular weight excluding hydrogens is 180 g/mol. The van der Waals surface area contributed by atoms with Crippen LogP contribution in [0, 0.1) is 5.41 Å². The van der Waals surface area contributed by atoms with Crippen molar-refractivity contribution < 1.29 is 9.90 Å². The van der Waals surface area contributed by atoms with Crippen molar-refractivity contribution in [3.63, 3.8) is 0 Å². The van der Waals surface area contributed by atoms with Crippen LogP contribution in [0.4, 0.5) is 4.79 Å². The van der Waals surface area contributed by atoms with E-state index >= 15 is 0 Å². The molecular formula is C10H22N2O2. The van der Waals surface area contributed by atoms with Crippen molar-refractivity contribution in [2.75, 3.05) is 19.7 Å². The largest absolute Gasteiger partial charge is 0.396 e. The number of aliphatic hydroxyl groups excluding tert-OH is 1. The molecule has 0 atom stereocenters.